The predicted octanol–water partition coefficient (Wildman–Crippen LogP) is 0.281. The summed E-state index contributed by atoms with van der Waals surface area (Å²) in [5.41, 5.74) is 0.938. The molecule has 0 aromatic heterocycles. The van der Waals surface area contributed by atoms with Crippen molar-refractivity contribution in [3.63, 3.8) is 0 Å². The number of nitrogens with one attached hydrogen (secondary N) is 3. The van der Waals surface area contributed by atoms with Gasteiger partial charge in [-0.25, -0.2) is 22.7 Å². The van der Waals surface area contributed by atoms with Gasteiger partial charge in [0.15, 0.2) is 0 Å². The van der Waals surface area contributed by atoms with Gasteiger partial charge in [-0.05, 0) is 38.3 Å². The molecule has 0 spiro atoms. The molecule has 10 nitrogen and oxygen atoms in total. The second-order valence-electron chi connectivity index (χ2n) is 5.82. The molecule has 27 heavy (non-hydrogen) atoms. The summed E-state index contributed by atoms with van der Waals surface area (Å²) in [6.45, 7) is 1.34. The third kappa shape index (κ3) is 8.51. The Kier molecular flexibility index (Phi) is 8.69. The number of unbranched alkanes of at least 4 members (excludes halogenated alkanes) is 1. The lowest BCUT2D eigenvalue weighted by Crippen LogP contribution is -2.47. The van der Waals surface area contributed by atoms with E-state index in [1.807, 2.05) is 12.2 Å². The number of amides is 2. The molecule has 2 amide bonds. The van der Waals surface area contributed by atoms with Crippen molar-refractivity contribution < 1.29 is 33.0 Å². The number of carbonyl (C=O) groups is 3. The van der Waals surface area contributed by atoms with Crippen molar-refractivity contribution in [3.8, 4) is 0 Å². The quantitative estimate of drug-likeness (QED) is 0.333. The van der Waals surface area contributed by atoms with Gasteiger partial charge < -0.3 is 20.8 Å². The minimum atomic E-state index is -3.63. The van der Waals surface area contributed by atoms with Gasteiger partial charge in [0.1, 0.15) is 12.6 Å². The largest absolute Gasteiger partial charge is 0.480 e. The number of sulfonamides is 1. The molecule has 0 heterocycles. The van der Waals surface area contributed by atoms with Crippen molar-refractivity contribution >= 4 is 28.0 Å². The zero-order chi connectivity index (χ0) is 20.4. The van der Waals surface area contributed by atoms with Crippen LogP contribution in [0, 0.1) is 6.92 Å². The molecule has 0 aliphatic heterocycles. The smallest absolute Gasteiger partial charge is 0.326 e. The van der Waals surface area contributed by atoms with Crippen LogP contribution in [0.25, 0.3) is 0 Å². The maximum Gasteiger partial charge on any atom is 0.326 e. The third-order valence-electron chi connectivity index (χ3n) is 3.55. The summed E-state index contributed by atoms with van der Waals surface area (Å²) >= 11 is 0. The minimum absolute atomic E-state index is 0.0715. The van der Waals surface area contributed by atoms with Crippen LogP contribution < -0.4 is 15.4 Å². The molecule has 5 N–H and O–H groups in total. The number of aliphatic carboxylic acids is 2. The van der Waals surface area contributed by atoms with Gasteiger partial charge in [0, 0.05) is 6.54 Å². The van der Waals surface area contributed by atoms with Gasteiger partial charge in [-0.3, -0.25) is 4.79 Å². The fourth-order valence-corrected chi connectivity index (χ4v) is 3.18. The first kappa shape index (κ1) is 22.4. The number of urea groups is 1. The molecule has 11 heteroatoms. The van der Waals surface area contributed by atoms with Crippen LogP contribution in [0.5, 0.6) is 0 Å². The van der Waals surface area contributed by atoms with Gasteiger partial charge >= 0.3 is 18.0 Å². The summed E-state index contributed by atoms with van der Waals surface area (Å²) < 4.78 is 26.6. The van der Waals surface area contributed by atoms with E-state index in [1.165, 1.54) is 12.1 Å². The number of hydrogen-bond donors (Lipinski definition) is 5. The van der Waals surface area contributed by atoms with Crippen LogP contribution in [-0.4, -0.2) is 55.7 Å². The van der Waals surface area contributed by atoms with E-state index in [4.69, 9.17) is 10.2 Å². The molecule has 0 aliphatic rings. The van der Waals surface area contributed by atoms with Gasteiger partial charge in [0.05, 0.1) is 4.90 Å². The molecule has 1 aromatic carbocycles. The fraction of sp³-hybridized carbons (Fsp3) is 0.438. The highest BCUT2D eigenvalue weighted by Crippen LogP contribution is 2.10. The number of rotatable bonds is 11. The Bertz CT molecular complexity index is 763. The van der Waals surface area contributed by atoms with Crippen molar-refractivity contribution in [1.29, 1.82) is 0 Å². The van der Waals surface area contributed by atoms with Crippen LogP contribution in [0.3, 0.4) is 0 Å². The number of carboxylic acids is 2. The molecule has 1 aromatic rings. The normalized spacial score (nSPS) is 12.2. The van der Waals surface area contributed by atoms with Crippen LogP contribution in [0.2, 0.25) is 0 Å². The average molecular weight is 401 g/mol. The molecule has 1 atom stereocenters. The Hall–Kier alpha value is -2.66. The molecule has 0 radical (unpaired) electrons. The van der Waals surface area contributed by atoms with Crippen LogP contribution in [0.15, 0.2) is 29.2 Å². The van der Waals surface area contributed by atoms with E-state index in [9.17, 15) is 22.8 Å². The molecule has 0 fully saturated rings. The molecule has 150 valence electrons. The maximum atomic E-state index is 12.1. The van der Waals surface area contributed by atoms with E-state index in [0.717, 1.165) is 5.56 Å². The SMILES string of the molecule is Cc1ccc(S(=O)(=O)NCCCCC(NC(=O)NCC(=O)O)C(=O)O)cc1. The van der Waals surface area contributed by atoms with Crippen LogP contribution >= 0.6 is 0 Å². The van der Waals surface area contributed by atoms with Crippen LogP contribution in [0.1, 0.15) is 24.8 Å². The molecular weight excluding hydrogens is 378 g/mol. The van der Waals surface area contributed by atoms with E-state index >= 15 is 0 Å². The molecular formula is C16H23N3O7S. The molecule has 0 bridgehead atoms. The lowest BCUT2D eigenvalue weighted by molar-refractivity contribution is -0.139. The van der Waals surface area contributed by atoms with Gasteiger partial charge in [0.2, 0.25) is 10.0 Å². The van der Waals surface area contributed by atoms with E-state index in [-0.39, 0.29) is 17.9 Å². The summed E-state index contributed by atoms with van der Waals surface area (Å²) in [5.74, 6) is -2.52. The molecule has 1 rings (SSSR count). The third-order valence-corrected chi connectivity index (χ3v) is 5.02. The van der Waals surface area contributed by atoms with E-state index in [1.54, 1.807) is 12.1 Å². The van der Waals surface area contributed by atoms with Gasteiger partial charge in [0.25, 0.3) is 0 Å². The van der Waals surface area contributed by atoms with Gasteiger partial charge in [-0.1, -0.05) is 17.7 Å². The van der Waals surface area contributed by atoms with E-state index < -0.39 is 40.6 Å². The lowest BCUT2D eigenvalue weighted by Gasteiger charge is -2.14. The minimum Gasteiger partial charge on any atom is -0.480 e. The van der Waals surface area contributed by atoms with Crippen molar-refractivity contribution in [3.05, 3.63) is 29.8 Å². The highest BCUT2D eigenvalue weighted by atomic mass is 32.2. The van der Waals surface area contributed by atoms with Crippen LogP contribution in [-0.2, 0) is 19.6 Å². The number of hydrogen-bond acceptors (Lipinski definition) is 5. The number of carbonyl (C=O) groups excluding carboxylic acids is 1. The molecule has 0 aliphatic carbocycles. The average Bonchev–Trinajstić information content (AvgIpc) is 2.58. The van der Waals surface area contributed by atoms with Gasteiger partial charge in [-0.15, -0.1) is 0 Å². The molecule has 0 saturated carbocycles. The first-order valence-corrected chi connectivity index (χ1v) is 9.65. The summed E-state index contributed by atoms with van der Waals surface area (Å²) in [7, 11) is -3.63. The van der Waals surface area contributed by atoms with Crippen molar-refractivity contribution in [1.82, 2.24) is 15.4 Å². The van der Waals surface area contributed by atoms with E-state index in [2.05, 4.69) is 10.0 Å². The standard InChI is InChI=1S/C16H23N3O7S/c1-11-5-7-12(8-6-11)27(25,26)18-9-3-2-4-13(15(22)23)19-16(24)17-10-14(20)21/h5-8,13,18H,2-4,9-10H2,1H3,(H,20,21)(H,22,23)(H2,17,19,24). The summed E-state index contributed by atoms with van der Waals surface area (Å²) in [4.78, 5) is 33.1. The second-order valence-corrected chi connectivity index (χ2v) is 7.59. The van der Waals surface area contributed by atoms with E-state index in [0.29, 0.717) is 12.8 Å². The Labute approximate surface area is 157 Å². The monoisotopic (exact) mass is 401 g/mol. The predicted molar refractivity (Wildman–Crippen MR) is 95.8 cm³/mol. The lowest BCUT2D eigenvalue weighted by atomic mass is 10.1. The Morgan fingerprint density at radius 2 is 1.70 bits per heavy atom. The zero-order valence-corrected chi connectivity index (χ0v) is 15.6. The Morgan fingerprint density at radius 3 is 2.26 bits per heavy atom. The number of benzene rings is 1. The summed E-state index contributed by atoms with van der Waals surface area (Å²) in [6.07, 6.45) is 0.780. The summed E-state index contributed by atoms with van der Waals surface area (Å²) in [5, 5.41) is 21.7. The van der Waals surface area contributed by atoms with Crippen molar-refractivity contribution in [2.24, 2.45) is 0 Å². The fourth-order valence-electron chi connectivity index (χ4n) is 2.10. The molecule has 1 unspecified atom stereocenters. The highest BCUT2D eigenvalue weighted by Gasteiger charge is 2.20. The van der Waals surface area contributed by atoms with Crippen LogP contribution in [0.4, 0.5) is 4.79 Å². The molecule has 0 saturated heterocycles. The highest BCUT2D eigenvalue weighted by molar-refractivity contribution is 7.89. The van der Waals surface area contributed by atoms with Crippen molar-refractivity contribution in [2.45, 2.75) is 37.1 Å². The zero-order valence-electron chi connectivity index (χ0n) is 14.8. The second kappa shape index (κ2) is 10.5. The Morgan fingerprint density at radius 1 is 1.07 bits per heavy atom. The summed E-state index contributed by atoms with van der Waals surface area (Å²) in [6, 6.07) is 4.27. The van der Waals surface area contributed by atoms with Crippen molar-refractivity contribution in [2.75, 3.05) is 13.1 Å². The number of carboxylic acid groups (broad SMARTS) is 2. The topological polar surface area (TPSA) is 162 Å². The first-order valence-electron chi connectivity index (χ1n) is 8.17. The first-order chi connectivity index (χ1) is 12.6. The van der Waals surface area contributed by atoms with Gasteiger partial charge in [-0.2, -0.15) is 0 Å². The Balaban J connectivity index is 2.39. The number of aryl methyl sites for hydroxylation is 1. The maximum absolute atomic E-state index is 12.1.